The van der Waals surface area contributed by atoms with Crippen LogP contribution in [0.4, 0.5) is 0 Å². The van der Waals surface area contributed by atoms with E-state index in [0.29, 0.717) is 18.6 Å². The van der Waals surface area contributed by atoms with Crippen molar-refractivity contribution >= 4 is 5.97 Å². The van der Waals surface area contributed by atoms with Gasteiger partial charge in [0.05, 0.1) is 0 Å². The van der Waals surface area contributed by atoms with E-state index in [1.54, 1.807) is 0 Å². The summed E-state index contributed by atoms with van der Waals surface area (Å²) in [6.45, 7) is 0.382. The number of ether oxygens (including phenoxy) is 1. The van der Waals surface area contributed by atoms with E-state index in [0.717, 1.165) is 12.0 Å². The van der Waals surface area contributed by atoms with Gasteiger partial charge in [0.1, 0.15) is 12.6 Å². The second kappa shape index (κ2) is 6.40. The molecule has 1 aliphatic carbocycles. The summed E-state index contributed by atoms with van der Waals surface area (Å²) in [6, 6.07) is 10.3. The molecule has 0 radical (unpaired) electrons. The third kappa shape index (κ3) is 3.21. The molecule has 2 aliphatic rings. The Morgan fingerprint density at radius 2 is 1.95 bits per heavy atom. The molecule has 20 heavy (non-hydrogen) atoms. The van der Waals surface area contributed by atoms with E-state index in [-0.39, 0.29) is 12.0 Å². The van der Waals surface area contributed by atoms with Crippen LogP contribution in [-0.4, -0.2) is 18.1 Å². The van der Waals surface area contributed by atoms with Crippen molar-refractivity contribution in [3.8, 4) is 0 Å². The van der Waals surface area contributed by atoms with Crippen molar-refractivity contribution in [3.63, 3.8) is 0 Å². The zero-order valence-electron chi connectivity index (χ0n) is 11.9. The van der Waals surface area contributed by atoms with Crippen molar-refractivity contribution in [1.29, 1.82) is 0 Å². The highest BCUT2D eigenvalue weighted by atomic mass is 16.5. The molecular weight excluding hydrogens is 250 g/mol. The maximum absolute atomic E-state index is 12.2. The molecule has 1 aliphatic heterocycles. The van der Waals surface area contributed by atoms with Crippen molar-refractivity contribution in [1.82, 2.24) is 5.32 Å². The van der Waals surface area contributed by atoms with Crippen molar-refractivity contribution in [3.05, 3.63) is 35.9 Å². The summed E-state index contributed by atoms with van der Waals surface area (Å²) in [7, 11) is 0. The van der Waals surface area contributed by atoms with Crippen LogP contribution in [-0.2, 0) is 16.1 Å². The third-order valence-corrected chi connectivity index (χ3v) is 4.62. The summed E-state index contributed by atoms with van der Waals surface area (Å²) in [5.74, 6) is 0.591. The van der Waals surface area contributed by atoms with Crippen molar-refractivity contribution < 1.29 is 9.53 Å². The normalized spacial score (nSPS) is 29.5. The molecule has 1 saturated heterocycles. The Morgan fingerprint density at radius 1 is 1.15 bits per heavy atom. The third-order valence-electron chi connectivity index (χ3n) is 4.62. The van der Waals surface area contributed by atoms with Gasteiger partial charge < -0.3 is 10.1 Å². The Morgan fingerprint density at radius 3 is 2.80 bits per heavy atom. The number of benzene rings is 1. The largest absolute Gasteiger partial charge is 0.460 e. The van der Waals surface area contributed by atoms with E-state index < -0.39 is 0 Å². The van der Waals surface area contributed by atoms with Crippen LogP contribution in [0.5, 0.6) is 0 Å². The first-order chi connectivity index (χ1) is 9.83. The fourth-order valence-electron chi connectivity index (χ4n) is 3.51. The molecule has 3 heteroatoms. The van der Waals surface area contributed by atoms with E-state index in [1.807, 2.05) is 30.3 Å². The fraction of sp³-hybridized carbons (Fsp3) is 0.588. The Hall–Kier alpha value is -1.35. The van der Waals surface area contributed by atoms with Gasteiger partial charge in [-0.1, -0.05) is 49.6 Å². The van der Waals surface area contributed by atoms with Crippen LogP contribution in [0, 0.1) is 5.92 Å². The molecule has 2 fully saturated rings. The predicted molar refractivity (Wildman–Crippen MR) is 78.1 cm³/mol. The van der Waals surface area contributed by atoms with Gasteiger partial charge in [-0.3, -0.25) is 4.79 Å². The lowest BCUT2D eigenvalue weighted by molar-refractivity contribution is -0.147. The van der Waals surface area contributed by atoms with Crippen LogP contribution in [0.1, 0.15) is 44.1 Å². The summed E-state index contributed by atoms with van der Waals surface area (Å²) in [5, 5.41) is 3.49. The zero-order valence-corrected chi connectivity index (χ0v) is 11.9. The molecule has 3 atom stereocenters. The zero-order chi connectivity index (χ0) is 13.8. The summed E-state index contributed by atoms with van der Waals surface area (Å²) in [5.41, 5.74) is 1.05. The maximum atomic E-state index is 12.2. The van der Waals surface area contributed by atoms with Crippen molar-refractivity contribution in [2.75, 3.05) is 0 Å². The molecule has 1 saturated carbocycles. The molecule has 1 N–H and O–H groups in total. The van der Waals surface area contributed by atoms with E-state index in [2.05, 4.69) is 5.32 Å². The van der Waals surface area contributed by atoms with Crippen LogP contribution in [0.2, 0.25) is 0 Å². The molecule has 0 amide bonds. The highest BCUT2D eigenvalue weighted by Gasteiger charge is 2.38. The second-order valence-corrected chi connectivity index (χ2v) is 6.05. The smallest absolute Gasteiger partial charge is 0.323 e. The van der Waals surface area contributed by atoms with Crippen molar-refractivity contribution in [2.24, 2.45) is 5.92 Å². The molecule has 1 aromatic rings. The van der Waals surface area contributed by atoms with E-state index in [4.69, 9.17) is 4.74 Å². The Kier molecular flexibility index (Phi) is 4.36. The lowest BCUT2D eigenvalue weighted by Gasteiger charge is -2.15. The monoisotopic (exact) mass is 273 g/mol. The maximum Gasteiger partial charge on any atom is 0.323 e. The Balaban J connectivity index is 1.51. The molecule has 1 heterocycles. The van der Waals surface area contributed by atoms with Crippen LogP contribution in [0.15, 0.2) is 30.3 Å². The van der Waals surface area contributed by atoms with Crippen LogP contribution >= 0.6 is 0 Å². The number of rotatable bonds is 3. The first-order valence-electron chi connectivity index (χ1n) is 7.79. The van der Waals surface area contributed by atoms with Gasteiger partial charge in [-0.2, -0.15) is 0 Å². The first-order valence-corrected chi connectivity index (χ1v) is 7.79. The van der Waals surface area contributed by atoms with Crippen molar-refractivity contribution in [2.45, 2.75) is 57.2 Å². The lowest BCUT2D eigenvalue weighted by atomic mass is 9.94. The molecule has 108 valence electrons. The van der Waals surface area contributed by atoms with Gasteiger partial charge in [-0.15, -0.1) is 0 Å². The molecule has 0 spiro atoms. The summed E-state index contributed by atoms with van der Waals surface area (Å²) in [4.78, 5) is 12.2. The average Bonchev–Trinajstić information content (AvgIpc) is 2.77. The number of hydrogen-bond donors (Lipinski definition) is 1. The topological polar surface area (TPSA) is 38.3 Å². The minimum absolute atomic E-state index is 0.0815. The van der Waals surface area contributed by atoms with Gasteiger partial charge in [0.25, 0.3) is 0 Å². The van der Waals surface area contributed by atoms with Gasteiger partial charge in [0.15, 0.2) is 0 Å². The summed E-state index contributed by atoms with van der Waals surface area (Å²) >= 11 is 0. The van der Waals surface area contributed by atoms with Gasteiger partial charge in [-0.05, 0) is 30.7 Å². The van der Waals surface area contributed by atoms with Crippen LogP contribution < -0.4 is 5.32 Å². The number of fused-ring (bicyclic) bond motifs is 1. The van der Waals surface area contributed by atoms with Crippen LogP contribution in [0.25, 0.3) is 0 Å². The van der Waals surface area contributed by atoms with Gasteiger partial charge >= 0.3 is 5.97 Å². The summed E-state index contributed by atoms with van der Waals surface area (Å²) in [6.07, 6.45) is 7.39. The van der Waals surface area contributed by atoms with Crippen LogP contribution in [0.3, 0.4) is 0 Å². The number of carbonyl (C=O) groups is 1. The Labute approximate surface area is 120 Å². The summed E-state index contributed by atoms with van der Waals surface area (Å²) < 4.78 is 5.45. The first kappa shape index (κ1) is 13.6. The fourth-order valence-corrected chi connectivity index (χ4v) is 3.51. The van der Waals surface area contributed by atoms with E-state index in [9.17, 15) is 4.79 Å². The highest BCUT2D eigenvalue weighted by molar-refractivity contribution is 5.76. The average molecular weight is 273 g/mol. The minimum atomic E-state index is -0.0909. The molecule has 0 aromatic heterocycles. The number of esters is 1. The van der Waals surface area contributed by atoms with Gasteiger partial charge in [0, 0.05) is 6.04 Å². The molecule has 3 rings (SSSR count). The van der Waals surface area contributed by atoms with Gasteiger partial charge in [0.2, 0.25) is 0 Å². The standard InChI is InChI=1S/C17H23NO2/c19-17(20-12-13-7-3-1-4-8-13)16-11-14-9-5-2-6-10-15(14)18-16/h1,3-4,7-8,14-16,18H,2,5-6,9-12H2/t14-,15-,16+/m0/s1. The second-order valence-electron chi connectivity index (χ2n) is 6.05. The molecule has 1 aromatic carbocycles. The molecular formula is C17H23NO2. The Bertz CT molecular complexity index is 432. The predicted octanol–water partition coefficient (Wildman–Crippen LogP) is 3.04. The van der Waals surface area contributed by atoms with Gasteiger partial charge in [-0.25, -0.2) is 0 Å². The number of nitrogens with one attached hydrogen (secondary N) is 1. The number of carbonyl (C=O) groups excluding carboxylic acids is 1. The van der Waals surface area contributed by atoms with E-state index in [1.165, 1.54) is 32.1 Å². The molecule has 0 unspecified atom stereocenters. The SMILES string of the molecule is O=C(OCc1ccccc1)[C@H]1C[C@@H]2CCCCC[C@@H]2N1. The quantitative estimate of drug-likeness (QED) is 0.860. The molecule has 0 bridgehead atoms. The highest BCUT2D eigenvalue weighted by Crippen LogP contribution is 2.32. The number of hydrogen-bond acceptors (Lipinski definition) is 3. The minimum Gasteiger partial charge on any atom is -0.460 e. The molecule has 3 nitrogen and oxygen atoms in total. The van der Waals surface area contributed by atoms with E-state index >= 15 is 0 Å². The lowest BCUT2D eigenvalue weighted by Crippen LogP contribution is -2.37.